The molecule has 5 nitrogen and oxygen atoms in total. The highest BCUT2D eigenvalue weighted by Gasteiger charge is 2.16. The van der Waals surface area contributed by atoms with Crippen molar-refractivity contribution in [3.63, 3.8) is 0 Å². The van der Waals surface area contributed by atoms with Crippen molar-refractivity contribution in [2.75, 3.05) is 13.2 Å². The number of aryl methyl sites for hydroxylation is 1. The van der Waals surface area contributed by atoms with Gasteiger partial charge in [0.15, 0.2) is 11.5 Å². The van der Waals surface area contributed by atoms with Crippen molar-refractivity contribution in [1.82, 2.24) is 9.55 Å². The molecule has 1 aromatic carbocycles. The van der Waals surface area contributed by atoms with E-state index in [9.17, 15) is 0 Å². The predicted molar refractivity (Wildman–Crippen MR) is 72.3 cm³/mol. The van der Waals surface area contributed by atoms with E-state index in [1.165, 1.54) is 0 Å². The Morgan fingerprint density at radius 2 is 2.00 bits per heavy atom. The highest BCUT2D eigenvalue weighted by molar-refractivity contribution is 5.62. The van der Waals surface area contributed by atoms with E-state index < -0.39 is 0 Å². The molecular formula is C14H17N3O2. The Balaban J connectivity index is 2.07. The number of nitrogens with two attached hydrogens (primary N) is 1. The van der Waals surface area contributed by atoms with Crippen LogP contribution in [0, 0.1) is 6.92 Å². The zero-order chi connectivity index (χ0) is 13.4. The van der Waals surface area contributed by atoms with Crippen molar-refractivity contribution in [2.24, 2.45) is 12.8 Å². The Bertz CT molecular complexity index is 619. The number of hydrogen-bond acceptors (Lipinski definition) is 4. The highest BCUT2D eigenvalue weighted by atomic mass is 16.6. The minimum absolute atomic E-state index is 0.486. The van der Waals surface area contributed by atoms with Crippen molar-refractivity contribution in [3.05, 3.63) is 29.6 Å². The lowest BCUT2D eigenvalue weighted by atomic mass is 10.2. The Morgan fingerprint density at radius 1 is 1.26 bits per heavy atom. The van der Waals surface area contributed by atoms with Crippen LogP contribution in [0.2, 0.25) is 0 Å². The first-order valence-corrected chi connectivity index (χ1v) is 6.33. The van der Waals surface area contributed by atoms with Crippen LogP contribution in [0.4, 0.5) is 0 Å². The Labute approximate surface area is 112 Å². The fraction of sp³-hybridized carbons (Fsp3) is 0.357. The maximum Gasteiger partial charge on any atom is 0.162 e. The monoisotopic (exact) mass is 259 g/mol. The predicted octanol–water partition coefficient (Wildman–Crippen LogP) is 1.63. The molecule has 1 aliphatic heterocycles. The molecule has 3 rings (SSSR count). The summed E-state index contributed by atoms with van der Waals surface area (Å²) in [6, 6.07) is 5.89. The molecule has 2 N–H and O–H groups in total. The molecule has 1 aliphatic rings. The number of aromatic nitrogens is 2. The van der Waals surface area contributed by atoms with E-state index in [1.54, 1.807) is 0 Å². The van der Waals surface area contributed by atoms with Gasteiger partial charge in [-0.15, -0.1) is 0 Å². The first kappa shape index (κ1) is 12.0. The van der Waals surface area contributed by atoms with Gasteiger partial charge in [0.2, 0.25) is 0 Å². The maximum atomic E-state index is 5.75. The summed E-state index contributed by atoms with van der Waals surface area (Å²) in [6.07, 6.45) is 0. The van der Waals surface area contributed by atoms with Crippen LogP contribution in [0.15, 0.2) is 18.2 Å². The van der Waals surface area contributed by atoms with Gasteiger partial charge < -0.3 is 19.8 Å². The van der Waals surface area contributed by atoms with Gasteiger partial charge in [0.1, 0.15) is 19.0 Å². The molecule has 100 valence electrons. The van der Waals surface area contributed by atoms with Gasteiger partial charge in [-0.1, -0.05) is 0 Å². The minimum Gasteiger partial charge on any atom is -0.486 e. The van der Waals surface area contributed by atoms with E-state index in [1.807, 2.05) is 36.7 Å². The number of rotatable bonds is 2. The van der Waals surface area contributed by atoms with Crippen LogP contribution in [0.5, 0.6) is 11.5 Å². The third kappa shape index (κ3) is 1.96. The summed E-state index contributed by atoms with van der Waals surface area (Å²) < 4.78 is 13.2. The second kappa shape index (κ2) is 4.59. The first-order chi connectivity index (χ1) is 9.20. The molecule has 5 heteroatoms. The van der Waals surface area contributed by atoms with Crippen LogP contribution < -0.4 is 15.2 Å². The number of imidazole rings is 1. The van der Waals surface area contributed by atoms with E-state index in [-0.39, 0.29) is 0 Å². The van der Waals surface area contributed by atoms with Crippen molar-refractivity contribution in [2.45, 2.75) is 13.5 Å². The van der Waals surface area contributed by atoms with E-state index in [4.69, 9.17) is 15.2 Å². The Hall–Kier alpha value is -2.01. The second-order valence-corrected chi connectivity index (χ2v) is 4.59. The lowest BCUT2D eigenvalue weighted by Crippen LogP contribution is -2.15. The van der Waals surface area contributed by atoms with E-state index >= 15 is 0 Å². The lowest BCUT2D eigenvalue weighted by Gasteiger charge is -2.18. The normalized spacial score (nSPS) is 13.6. The van der Waals surface area contributed by atoms with Crippen molar-refractivity contribution in [1.29, 1.82) is 0 Å². The van der Waals surface area contributed by atoms with Gasteiger partial charge in [0, 0.05) is 19.2 Å². The smallest absolute Gasteiger partial charge is 0.162 e. The van der Waals surface area contributed by atoms with Crippen LogP contribution in [0.25, 0.3) is 11.4 Å². The summed E-state index contributed by atoms with van der Waals surface area (Å²) in [5.74, 6) is 2.47. The van der Waals surface area contributed by atoms with Gasteiger partial charge in [0.05, 0.1) is 11.4 Å². The molecule has 2 aromatic rings. The molecule has 0 spiro atoms. The van der Waals surface area contributed by atoms with Crippen LogP contribution >= 0.6 is 0 Å². The topological polar surface area (TPSA) is 62.3 Å². The summed E-state index contributed by atoms with van der Waals surface area (Å²) in [7, 11) is 1.98. The molecule has 2 heterocycles. The van der Waals surface area contributed by atoms with Gasteiger partial charge >= 0.3 is 0 Å². The number of fused-ring (bicyclic) bond motifs is 1. The maximum absolute atomic E-state index is 5.75. The first-order valence-electron chi connectivity index (χ1n) is 6.33. The number of nitrogens with zero attached hydrogens (tertiary/aromatic N) is 2. The van der Waals surface area contributed by atoms with Crippen molar-refractivity contribution < 1.29 is 9.47 Å². The minimum atomic E-state index is 0.486. The quantitative estimate of drug-likeness (QED) is 0.890. The molecule has 0 saturated carbocycles. The highest BCUT2D eigenvalue weighted by Crippen LogP contribution is 2.34. The summed E-state index contributed by atoms with van der Waals surface area (Å²) in [5, 5.41) is 0. The van der Waals surface area contributed by atoms with Gasteiger partial charge in [-0.2, -0.15) is 0 Å². The van der Waals surface area contributed by atoms with Crippen molar-refractivity contribution >= 4 is 0 Å². The van der Waals surface area contributed by atoms with Crippen LogP contribution in [-0.2, 0) is 13.6 Å². The molecule has 0 aliphatic carbocycles. The molecule has 0 atom stereocenters. The molecule has 0 radical (unpaired) electrons. The fourth-order valence-corrected chi connectivity index (χ4v) is 2.39. The molecule has 19 heavy (non-hydrogen) atoms. The Kier molecular flexibility index (Phi) is 2.91. The average Bonchev–Trinajstić information content (AvgIpc) is 2.73. The van der Waals surface area contributed by atoms with E-state index in [2.05, 4.69) is 4.98 Å². The SMILES string of the molecule is Cc1nc(-c2ccc3c(c2)OCCO3)n(C)c1CN. The fourth-order valence-electron chi connectivity index (χ4n) is 2.39. The molecule has 0 bridgehead atoms. The molecular weight excluding hydrogens is 242 g/mol. The van der Waals surface area contributed by atoms with E-state index in [0.717, 1.165) is 34.3 Å². The number of hydrogen-bond donors (Lipinski definition) is 1. The summed E-state index contributed by atoms with van der Waals surface area (Å²) >= 11 is 0. The Morgan fingerprint density at radius 3 is 2.68 bits per heavy atom. The summed E-state index contributed by atoms with van der Waals surface area (Å²) in [5.41, 5.74) is 8.77. The molecule has 0 fully saturated rings. The summed E-state index contributed by atoms with van der Waals surface area (Å²) in [6.45, 7) is 3.65. The molecule has 0 amide bonds. The van der Waals surface area contributed by atoms with Crippen LogP contribution in [-0.4, -0.2) is 22.8 Å². The molecule has 0 unspecified atom stereocenters. The average molecular weight is 259 g/mol. The van der Waals surface area contributed by atoms with Crippen LogP contribution in [0.3, 0.4) is 0 Å². The standard InChI is InChI=1S/C14H17N3O2/c1-9-11(8-15)17(2)14(16-9)10-3-4-12-13(7-10)19-6-5-18-12/h3-4,7H,5-6,8,15H2,1-2H3. The van der Waals surface area contributed by atoms with Crippen molar-refractivity contribution in [3.8, 4) is 22.9 Å². The summed E-state index contributed by atoms with van der Waals surface area (Å²) in [4.78, 5) is 4.59. The lowest BCUT2D eigenvalue weighted by molar-refractivity contribution is 0.171. The van der Waals surface area contributed by atoms with E-state index in [0.29, 0.717) is 19.8 Å². The second-order valence-electron chi connectivity index (χ2n) is 4.59. The van der Waals surface area contributed by atoms with Gasteiger partial charge in [-0.05, 0) is 25.1 Å². The third-order valence-electron chi connectivity index (χ3n) is 3.41. The molecule has 0 saturated heterocycles. The zero-order valence-corrected chi connectivity index (χ0v) is 11.1. The van der Waals surface area contributed by atoms with Gasteiger partial charge in [-0.3, -0.25) is 0 Å². The zero-order valence-electron chi connectivity index (χ0n) is 11.1. The van der Waals surface area contributed by atoms with Crippen LogP contribution in [0.1, 0.15) is 11.4 Å². The number of benzene rings is 1. The third-order valence-corrected chi connectivity index (χ3v) is 3.41. The largest absolute Gasteiger partial charge is 0.486 e. The van der Waals surface area contributed by atoms with Gasteiger partial charge in [0.25, 0.3) is 0 Å². The van der Waals surface area contributed by atoms with Gasteiger partial charge in [-0.25, -0.2) is 4.98 Å². The molecule has 1 aromatic heterocycles. The number of ether oxygens (including phenoxy) is 2.